The third-order valence-electron chi connectivity index (χ3n) is 3.52. The number of nitrogens with zero attached hydrogens (tertiary/aromatic N) is 3. The molecular weight excluding hydrogens is 284 g/mol. The predicted molar refractivity (Wildman–Crippen MR) is 83.9 cm³/mol. The van der Waals surface area contributed by atoms with Crippen LogP contribution in [0, 0.1) is 10.1 Å². The molecule has 0 spiro atoms. The quantitative estimate of drug-likeness (QED) is 0.628. The van der Waals surface area contributed by atoms with Gasteiger partial charge in [0.2, 0.25) is 5.82 Å². The summed E-state index contributed by atoms with van der Waals surface area (Å²) in [6.07, 6.45) is 0.318. The molecule has 0 bridgehead atoms. The largest absolute Gasteiger partial charge is 0.375 e. The van der Waals surface area contributed by atoms with Crippen LogP contribution in [0.25, 0.3) is 0 Å². The van der Waals surface area contributed by atoms with Gasteiger partial charge in [0.15, 0.2) is 0 Å². The Bertz CT molecular complexity index is 640. The highest BCUT2D eigenvalue weighted by atomic mass is 16.6. The van der Waals surface area contributed by atoms with Crippen LogP contribution in [-0.4, -0.2) is 28.4 Å². The minimum atomic E-state index is -0.390. The normalized spacial score (nSPS) is 12.1. The topological polar surface area (TPSA) is 82.2 Å². The summed E-state index contributed by atoms with van der Waals surface area (Å²) in [7, 11) is 3.31. The molecular formula is C15H20N4O3. The van der Waals surface area contributed by atoms with Crippen LogP contribution in [0.2, 0.25) is 0 Å². The van der Waals surface area contributed by atoms with Crippen molar-refractivity contribution in [3.05, 3.63) is 51.7 Å². The number of benzene rings is 1. The fourth-order valence-electron chi connectivity index (χ4n) is 2.39. The number of ether oxygens (including phenoxy) is 1. The van der Waals surface area contributed by atoms with Gasteiger partial charge < -0.3 is 10.1 Å². The lowest BCUT2D eigenvalue weighted by Gasteiger charge is -2.16. The minimum Gasteiger partial charge on any atom is -0.375 e. The lowest BCUT2D eigenvalue weighted by molar-refractivity contribution is -0.384. The van der Waals surface area contributed by atoms with E-state index in [4.69, 9.17) is 4.74 Å². The van der Waals surface area contributed by atoms with Gasteiger partial charge in [-0.2, -0.15) is 5.10 Å². The second kappa shape index (κ2) is 7.04. The molecule has 0 fully saturated rings. The van der Waals surface area contributed by atoms with Crippen LogP contribution in [-0.2, 0) is 18.2 Å². The maximum atomic E-state index is 11.3. The van der Waals surface area contributed by atoms with E-state index in [2.05, 4.69) is 10.4 Å². The number of aromatic nitrogens is 2. The van der Waals surface area contributed by atoms with Crippen molar-refractivity contribution in [3.8, 4) is 0 Å². The van der Waals surface area contributed by atoms with Gasteiger partial charge in [-0.15, -0.1) is 0 Å². The molecule has 22 heavy (non-hydrogen) atoms. The lowest BCUT2D eigenvalue weighted by Crippen LogP contribution is -2.16. The SMILES string of the molecule is CCc1nn(C)c(NCC(OC)c2ccccc2)c1[N+](=O)[O-]. The summed E-state index contributed by atoms with van der Waals surface area (Å²) in [6.45, 7) is 2.27. The van der Waals surface area contributed by atoms with E-state index < -0.39 is 4.92 Å². The van der Waals surface area contributed by atoms with E-state index in [1.54, 1.807) is 14.2 Å². The Labute approximate surface area is 129 Å². The zero-order valence-electron chi connectivity index (χ0n) is 12.9. The minimum absolute atomic E-state index is 0.0351. The van der Waals surface area contributed by atoms with Crippen molar-refractivity contribution < 1.29 is 9.66 Å². The number of rotatable bonds is 7. The number of hydrogen-bond acceptors (Lipinski definition) is 5. The summed E-state index contributed by atoms with van der Waals surface area (Å²) in [6, 6.07) is 9.73. The summed E-state index contributed by atoms with van der Waals surface area (Å²) >= 11 is 0. The van der Waals surface area contributed by atoms with Crippen LogP contribution in [0.1, 0.15) is 24.3 Å². The number of methoxy groups -OCH3 is 1. The van der Waals surface area contributed by atoms with E-state index in [1.807, 2.05) is 37.3 Å². The Kier molecular flexibility index (Phi) is 5.11. The zero-order chi connectivity index (χ0) is 16.1. The van der Waals surface area contributed by atoms with E-state index in [1.165, 1.54) is 4.68 Å². The Morgan fingerprint density at radius 1 is 1.41 bits per heavy atom. The Hall–Kier alpha value is -2.41. The van der Waals surface area contributed by atoms with Crippen molar-refractivity contribution in [2.75, 3.05) is 19.0 Å². The molecule has 2 rings (SSSR count). The van der Waals surface area contributed by atoms with Gasteiger partial charge in [0.25, 0.3) is 0 Å². The van der Waals surface area contributed by atoms with Gasteiger partial charge in [-0.05, 0) is 12.0 Å². The van der Waals surface area contributed by atoms with Crippen LogP contribution in [0.3, 0.4) is 0 Å². The van der Waals surface area contributed by atoms with Crippen LogP contribution < -0.4 is 5.32 Å². The molecule has 7 heteroatoms. The second-order valence-electron chi connectivity index (χ2n) is 4.89. The third kappa shape index (κ3) is 3.25. The molecule has 0 aliphatic heterocycles. The van der Waals surface area contributed by atoms with Gasteiger partial charge in [-0.3, -0.25) is 10.1 Å². The van der Waals surface area contributed by atoms with Gasteiger partial charge in [0, 0.05) is 20.7 Å². The van der Waals surface area contributed by atoms with Crippen molar-refractivity contribution in [2.24, 2.45) is 7.05 Å². The first-order valence-corrected chi connectivity index (χ1v) is 7.10. The van der Waals surface area contributed by atoms with Gasteiger partial charge in [-0.25, -0.2) is 4.68 Å². The van der Waals surface area contributed by atoms with E-state index in [9.17, 15) is 10.1 Å². The van der Waals surface area contributed by atoms with E-state index in [-0.39, 0.29) is 11.8 Å². The summed E-state index contributed by atoms with van der Waals surface area (Å²) in [5.74, 6) is 0.403. The summed E-state index contributed by atoms with van der Waals surface area (Å²) in [5, 5.41) is 18.6. The van der Waals surface area contributed by atoms with Crippen molar-refractivity contribution in [2.45, 2.75) is 19.4 Å². The van der Waals surface area contributed by atoms with Crippen molar-refractivity contribution in [3.63, 3.8) is 0 Å². The van der Waals surface area contributed by atoms with Crippen LogP contribution in [0.4, 0.5) is 11.5 Å². The molecule has 0 saturated heterocycles. The smallest absolute Gasteiger partial charge is 0.333 e. The van der Waals surface area contributed by atoms with E-state index in [0.29, 0.717) is 24.5 Å². The third-order valence-corrected chi connectivity index (χ3v) is 3.52. The number of aryl methyl sites for hydroxylation is 2. The molecule has 7 nitrogen and oxygen atoms in total. The highest BCUT2D eigenvalue weighted by Crippen LogP contribution is 2.29. The molecule has 118 valence electrons. The van der Waals surface area contributed by atoms with Gasteiger partial charge >= 0.3 is 5.69 Å². The maximum absolute atomic E-state index is 11.3. The van der Waals surface area contributed by atoms with Crippen molar-refractivity contribution in [1.82, 2.24) is 9.78 Å². The first kappa shape index (κ1) is 16.0. The molecule has 0 amide bonds. The molecule has 1 atom stereocenters. The summed E-state index contributed by atoms with van der Waals surface area (Å²) < 4.78 is 6.98. The molecule has 0 saturated carbocycles. The molecule has 0 aliphatic rings. The van der Waals surface area contributed by atoms with E-state index >= 15 is 0 Å². The zero-order valence-corrected chi connectivity index (χ0v) is 12.9. The number of nitrogens with one attached hydrogen (secondary N) is 1. The van der Waals surface area contributed by atoms with Gasteiger partial charge in [-0.1, -0.05) is 37.3 Å². The molecule has 0 radical (unpaired) electrons. The first-order valence-electron chi connectivity index (χ1n) is 7.10. The van der Waals surface area contributed by atoms with Crippen molar-refractivity contribution in [1.29, 1.82) is 0 Å². The number of hydrogen-bond donors (Lipinski definition) is 1. The fraction of sp³-hybridized carbons (Fsp3) is 0.400. The summed E-state index contributed by atoms with van der Waals surface area (Å²) in [5.41, 5.74) is 1.52. The van der Waals surface area contributed by atoms with E-state index in [0.717, 1.165) is 5.56 Å². The van der Waals surface area contributed by atoms with Gasteiger partial charge in [0.05, 0.1) is 11.0 Å². The Morgan fingerprint density at radius 3 is 2.64 bits per heavy atom. The average molecular weight is 304 g/mol. The predicted octanol–water partition coefficient (Wildman–Crippen LogP) is 2.69. The van der Waals surface area contributed by atoms with Crippen molar-refractivity contribution >= 4 is 11.5 Å². The first-order chi connectivity index (χ1) is 10.6. The molecule has 0 aliphatic carbocycles. The monoisotopic (exact) mass is 304 g/mol. The fourth-order valence-corrected chi connectivity index (χ4v) is 2.39. The second-order valence-corrected chi connectivity index (χ2v) is 4.89. The molecule has 1 heterocycles. The van der Waals surface area contributed by atoms with Crippen LogP contribution in [0.5, 0.6) is 0 Å². The number of nitro groups is 1. The Balaban J connectivity index is 2.20. The summed E-state index contributed by atoms with van der Waals surface area (Å²) in [4.78, 5) is 10.9. The molecule has 1 aromatic carbocycles. The molecule has 1 aromatic heterocycles. The van der Waals surface area contributed by atoms with Crippen LogP contribution >= 0.6 is 0 Å². The van der Waals surface area contributed by atoms with Gasteiger partial charge in [0.1, 0.15) is 5.69 Å². The highest BCUT2D eigenvalue weighted by Gasteiger charge is 2.26. The number of anilines is 1. The highest BCUT2D eigenvalue weighted by molar-refractivity contribution is 5.60. The maximum Gasteiger partial charge on any atom is 0.333 e. The molecule has 2 aromatic rings. The van der Waals surface area contributed by atoms with Crippen LogP contribution in [0.15, 0.2) is 30.3 Å². The molecule has 1 N–H and O–H groups in total. The lowest BCUT2D eigenvalue weighted by atomic mass is 10.1. The average Bonchev–Trinajstić information content (AvgIpc) is 2.85. The standard InChI is InChI=1S/C15H20N4O3/c1-4-12-14(19(20)21)15(18(2)17-12)16-10-13(22-3)11-8-6-5-7-9-11/h5-9,13,16H,4,10H2,1-3H3. The molecule has 1 unspecified atom stereocenters. The Morgan fingerprint density at radius 2 is 2.09 bits per heavy atom.